The Morgan fingerprint density at radius 3 is 2.57 bits per heavy atom. The average Bonchev–Trinajstić information content (AvgIpc) is 3.47. The first-order valence-electron chi connectivity index (χ1n) is 9.96. The maximum atomic E-state index is 12.4. The number of esters is 1. The number of ketones is 1. The summed E-state index contributed by atoms with van der Waals surface area (Å²) in [5.41, 5.74) is 1.69. The fraction of sp³-hybridized carbons (Fsp3) is 0.409. The topological polar surface area (TPSA) is 97.9 Å². The van der Waals surface area contributed by atoms with Gasteiger partial charge < -0.3 is 24.1 Å². The number of methoxy groups -OCH3 is 1. The molecule has 160 valence electrons. The SMILES string of the molecule is CCOCc1cc(C(=O)OCC(=O)c2c[nH]c(C(=O)N3CCCC3)c2)ccc1OC. The molecule has 1 saturated heterocycles. The molecule has 0 unspecified atom stereocenters. The molecule has 2 aromatic rings. The van der Waals surface area contributed by atoms with Gasteiger partial charge in [-0.1, -0.05) is 0 Å². The molecule has 1 aromatic carbocycles. The molecule has 0 radical (unpaired) electrons. The van der Waals surface area contributed by atoms with E-state index in [1.54, 1.807) is 30.2 Å². The van der Waals surface area contributed by atoms with Gasteiger partial charge in [0.1, 0.15) is 11.4 Å². The molecule has 0 aliphatic carbocycles. The number of hydrogen-bond acceptors (Lipinski definition) is 6. The summed E-state index contributed by atoms with van der Waals surface area (Å²) in [5, 5.41) is 0. The lowest BCUT2D eigenvalue weighted by Gasteiger charge is -2.13. The number of rotatable bonds is 9. The third-order valence-electron chi connectivity index (χ3n) is 4.94. The minimum absolute atomic E-state index is 0.122. The Balaban J connectivity index is 1.59. The number of aromatic amines is 1. The molecule has 1 fully saturated rings. The van der Waals surface area contributed by atoms with E-state index < -0.39 is 12.6 Å². The van der Waals surface area contributed by atoms with Crippen molar-refractivity contribution in [3.05, 3.63) is 52.8 Å². The van der Waals surface area contributed by atoms with Crippen LogP contribution in [0.15, 0.2) is 30.5 Å². The van der Waals surface area contributed by atoms with Crippen molar-refractivity contribution in [2.75, 3.05) is 33.4 Å². The van der Waals surface area contributed by atoms with Crippen LogP contribution in [0.1, 0.15) is 56.5 Å². The fourth-order valence-corrected chi connectivity index (χ4v) is 3.30. The van der Waals surface area contributed by atoms with E-state index in [0.29, 0.717) is 35.8 Å². The summed E-state index contributed by atoms with van der Waals surface area (Å²) in [6.45, 7) is 3.75. The second kappa shape index (κ2) is 10.1. The van der Waals surface area contributed by atoms with Crippen molar-refractivity contribution in [3.8, 4) is 5.75 Å². The van der Waals surface area contributed by atoms with Crippen molar-refractivity contribution in [1.29, 1.82) is 0 Å². The summed E-state index contributed by atoms with van der Waals surface area (Å²) in [4.78, 5) is 41.7. The highest BCUT2D eigenvalue weighted by molar-refractivity contribution is 6.02. The van der Waals surface area contributed by atoms with Crippen LogP contribution in [0.3, 0.4) is 0 Å². The number of nitrogens with zero attached hydrogens (tertiary/aromatic N) is 1. The summed E-state index contributed by atoms with van der Waals surface area (Å²) < 4.78 is 15.8. The molecule has 3 rings (SSSR count). The Kier molecular flexibility index (Phi) is 7.24. The van der Waals surface area contributed by atoms with Gasteiger partial charge in [-0.05, 0) is 44.0 Å². The Bertz CT molecular complexity index is 914. The third kappa shape index (κ3) is 5.07. The van der Waals surface area contributed by atoms with Crippen LogP contribution < -0.4 is 4.74 Å². The number of hydrogen-bond donors (Lipinski definition) is 1. The van der Waals surface area contributed by atoms with Gasteiger partial charge in [-0.3, -0.25) is 9.59 Å². The highest BCUT2D eigenvalue weighted by atomic mass is 16.5. The zero-order chi connectivity index (χ0) is 21.5. The number of ether oxygens (including phenoxy) is 3. The van der Waals surface area contributed by atoms with Crippen LogP contribution in [0.2, 0.25) is 0 Å². The Hall–Kier alpha value is -3.13. The maximum Gasteiger partial charge on any atom is 0.338 e. The van der Waals surface area contributed by atoms with Crippen LogP contribution in [-0.2, 0) is 16.1 Å². The van der Waals surface area contributed by atoms with Crippen molar-refractivity contribution >= 4 is 17.7 Å². The van der Waals surface area contributed by atoms with Gasteiger partial charge in [-0.2, -0.15) is 0 Å². The number of H-pyrrole nitrogens is 1. The van der Waals surface area contributed by atoms with Crippen LogP contribution >= 0.6 is 0 Å². The molecule has 8 heteroatoms. The van der Waals surface area contributed by atoms with Crippen molar-refractivity contribution in [2.45, 2.75) is 26.4 Å². The normalized spacial score (nSPS) is 13.3. The number of nitrogens with one attached hydrogen (secondary N) is 1. The lowest BCUT2D eigenvalue weighted by molar-refractivity contribution is 0.0474. The minimum atomic E-state index is -0.618. The predicted octanol–water partition coefficient (Wildman–Crippen LogP) is 2.84. The predicted molar refractivity (Wildman–Crippen MR) is 109 cm³/mol. The van der Waals surface area contributed by atoms with Crippen molar-refractivity contribution in [2.24, 2.45) is 0 Å². The zero-order valence-electron chi connectivity index (χ0n) is 17.2. The highest BCUT2D eigenvalue weighted by Gasteiger charge is 2.22. The standard InChI is InChI=1S/C22H26N2O6/c1-3-29-13-17-10-15(6-7-20(17)28-2)22(27)30-14-19(25)16-11-18(23-12-16)21(26)24-8-4-5-9-24/h6-7,10-12,23H,3-5,8-9,13-14H2,1-2H3. The van der Waals surface area contributed by atoms with E-state index in [0.717, 1.165) is 31.5 Å². The zero-order valence-corrected chi connectivity index (χ0v) is 17.2. The molecule has 30 heavy (non-hydrogen) atoms. The van der Waals surface area contributed by atoms with E-state index in [-0.39, 0.29) is 11.7 Å². The highest BCUT2D eigenvalue weighted by Crippen LogP contribution is 2.21. The first kappa shape index (κ1) is 21.6. The number of benzene rings is 1. The van der Waals surface area contributed by atoms with Gasteiger partial charge in [-0.15, -0.1) is 0 Å². The number of amides is 1. The van der Waals surface area contributed by atoms with Crippen molar-refractivity contribution in [1.82, 2.24) is 9.88 Å². The van der Waals surface area contributed by atoms with Gasteiger partial charge in [-0.25, -0.2) is 4.79 Å². The van der Waals surface area contributed by atoms with Gasteiger partial charge in [0.15, 0.2) is 6.61 Å². The van der Waals surface area contributed by atoms with Crippen LogP contribution in [-0.4, -0.2) is 61.0 Å². The summed E-state index contributed by atoms with van der Waals surface area (Å²) in [5.74, 6) is -0.516. The van der Waals surface area contributed by atoms with Crippen LogP contribution in [0.4, 0.5) is 0 Å². The molecule has 0 saturated carbocycles. The smallest absolute Gasteiger partial charge is 0.338 e. The van der Waals surface area contributed by atoms with Crippen LogP contribution in [0.25, 0.3) is 0 Å². The Morgan fingerprint density at radius 2 is 1.87 bits per heavy atom. The Morgan fingerprint density at radius 1 is 1.10 bits per heavy atom. The maximum absolute atomic E-state index is 12.4. The molecule has 1 aliphatic heterocycles. The van der Waals surface area contributed by atoms with E-state index in [9.17, 15) is 14.4 Å². The molecule has 0 spiro atoms. The fourth-order valence-electron chi connectivity index (χ4n) is 3.30. The Labute approximate surface area is 175 Å². The number of carbonyl (C=O) groups is 3. The first-order chi connectivity index (χ1) is 14.5. The molecule has 0 atom stereocenters. The molecule has 1 N–H and O–H groups in total. The summed E-state index contributed by atoms with van der Waals surface area (Å²) in [7, 11) is 1.54. The second-order valence-corrected chi connectivity index (χ2v) is 6.96. The number of carbonyl (C=O) groups excluding carboxylic acids is 3. The van der Waals surface area contributed by atoms with Crippen LogP contribution in [0.5, 0.6) is 5.75 Å². The molecule has 1 aliphatic rings. The molecule has 1 aromatic heterocycles. The van der Waals surface area contributed by atoms with Gasteiger partial charge in [0.05, 0.1) is 19.3 Å². The van der Waals surface area contributed by atoms with Crippen molar-refractivity contribution < 1.29 is 28.6 Å². The van der Waals surface area contributed by atoms with Gasteiger partial charge >= 0.3 is 5.97 Å². The van der Waals surface area contributed by atoms with E-state index >= 15 is 0 Å². The van der Waals surface area contributed by atoms with Gasteiger partial charge in [0.25, 0.3) is 5.91 Å². The molecule has 8 nitrogen and oxygen atoms in total. The summed E-state index contributed by atoms with van der Waals surface area (Å²) in [6.07, 6.45) is 3.45. The third-order valence-corrected chi connectivity index (χ3v) is 4.94. The van der Waals surface area contributed by atoms with E-state index in [4.69, 9.17) is 14.2 Å². The van der Waals surface area contributed by atoms with Gasteiger partial charge in [0, 0.05) is 37.0 Å². The number of Topliss-reactive ketones (excluding diaryl/α,β-unsaturated/α-hetero) is 1. The van der Waals surface area contributed by atoms with E-state index in [1.165, 1.54) is 12.3 Å². The molecular formula is C22H26N2O6. The second-order valence-electron chi connectivity index (χ2n) is 6.96. The largest absolute Gasteiger partial charge is 0.496 e. The number of aromatic nitrogens is 1. The number of likely N-dealkylation sites (tertiary alicyclic amines) is 1. The summed E-state index contributed by atoms with van der Waals surface area (Å²) in [6, 6.07) is 6.37. The average molecular weight is 414 g/mol. The van der Waals surface area contributed by atoms with E-state index in [2.05, 4.69) is 4.98 Å². The monoisotopic (exact) mass is 414 g/mol. The quantitative estimate of drug-likeness (QED) is 0.501. The molecular weight excluding hydrogens is 388 g/mol. The molecule has 1 amide bonds. The minimum Gasteiger partial charge on any atom is -0.496 e. The van der Waals surface area contributed by atoms with Crippen LogP contribution in [0, 0.1) is 0 Å². The molecule has 2 heterocycles. The summed E-state index contributed by atoms with van der Waals surface area (Å²) >= 11 is 0. The molecule has 0 bridgehead atoms. The lowest BCUT2D eigenvalue weighted by atomic mass is 10.1. The van der Waals surface area contributed by atoms with Gasteiger partial charge in [0.2, 0.25) is 5.78 Å². The van der Waals surface area contributed by atoms with E-state index in [1.807, 2.05) is 6.92 Å². The lowest BCUT2D eigenvalue weighted by Crippen LogP contribution is -2.27. The van der Waals surface area contributed by atoms with Crippen molar-refractivity contribution in [3.63, 3.8) is 0 Å². The first-order valence-corrected chi connectivity index (χ1v) is 9.96.